The summed E-state index contributed by atoms with van der Waals surface area (Å²) in [6.45, 7) is 3.95. The summed E-state index contributed by atoms with van der Waals surface area (Å²) in [4.78, 5) is 4.53. The van der Waals surface area contributed by atoms with Crippen molar-refractivity contribution in [3.8, 4) is 17.1 Å². The van der Waals surface area contributed by atoms with E-state index in [2.05, 4.69) is 20.5 Å². The Morgan fingerprint density at radius 3 is 2.83 bits per heavy atom. The van der Waals surface area contributed by atoms with Crippen molar-refractivity contribution in [2.24, 2.45) is 0 Å². The van der Waals surface area contributed by atoms with Crippen LogP contribution in [-0.2, 0) is 0 Å². The summed E-state index contributed by atoms with van der Waals surface area (Å²) in [5.74, 6) is 2.85. The number of furan rings is 1. The van der Waals surface area contributed by atoms with Crippen molar-refractivity contribution in [3.63, 3.8) is 0 Å². The van der Waals surface area contributed by atoms with Gasteiger partial charge in [-0.3, -0.25) is 0 Å². The molecule has 3 aromatic rings. The Kier molecular flexibility index (Phi) is 3.86. The maximum absolute atomic E-state index is 6.09. The maximum Gasteiger partial charge on any atom is 0.247 e. The minimum Gasteiger partial charge on any atom is -0.460 e. The molecule has 3 heterocycles. The lowest BCUT2D eigenvalue weighted by Crippen LogP contribution is -2.16. The van der Waals surface area contributed by atoms with Gasteiger partial charge in [-0.2, -0.15) is 4.98 Å². The first-order chi connectivity index (χ1) is 11.7. The second kappa shape index (κ2) is 6.16. The summed E-state index contributed by atoms with van der Waals surface area (Å²) >= 11 is 1.53. The Balaban J connectivity index is 1.83. The molecule has 0 bridgehead atoms. The molecule has 1 atom stereocenters. The largest absolute Gasteiger partial charge is 0.460 e. The molecule has 1 aromatic carbocycles. The van der Waals surface area contributed by atoms with Gasteiger partial charge in [0.25, 0.3) is 0 Å². The van der Waals surface area contributed by atoms with Gasteiger partial charge < -0.3 is 14.5 Å². The Labute approximate surface area is 143 Å². The highest BCUT2D eigenvalue weighted by Crippen LogP contribution is 2.39. The van der Waals surface area contributed by atoms with Crippen molar-refractivity contribution in [3.05, 3.63) is 47.9 Å². The summed E-state index contributed by atoms with van der Waals surface area (Å²) in [6, 6.07) is 11.7. The number of thioether (sulfide) groups is 1. The average molecular weight is 340 g/mol. The lowest BCUT2D eigenvalue weighted by Gasteiger charge is -2.16. The molecule has 0 fully saturated rings. The maximum atomic E-state index is 6.09. The average Bonchev–Trinajstić information content (AvgIpc) is 2.95. The number of benzene rings is 1. The van der Waals surface area contributed by atoms with Crippen molar-refractivity contribution in [1.29, 1.82) is 0 Å². The molecule has 1 N–H and O–H groups in total. The number of nitrogens with zero attached hydrogens (tertiary/aromatic N) is 3. The van der Waals surface area contributed by atoms with E-state index in [-0.39, 0.29) is 0 Å². The predicted molar refractivity (Wildman–Crippen MR) is 92.1 cm³/mol. The Morgan fingerprint density at radius 2 is 2.04 bits per heavy atom. The van der Waals surface area contributed by atoms with E-state index in [4.69, 9.17) is 9.15 Å². The summed E-state index contributed by atoms with van der Waals surface area (Å²) in [5.41, 5.74) is 2.44. The lowest BCUT2D eigenvalue weighted by atomic mass is 10.1. The van der Waals surface area contributed by atoms with Crippen LogP contribution in [0.3, 0.4) is 0 Å². The summed E-state index contributed by atoms with van der Waals surface area (Å²) < 4.78 is 11.8. The molecular weight excluding hydrogens is 324 g/mol. The van der Waals surface area contributed by atoms with Gasteiger partial charge in [-0.05, 0) is 30.9 Å². The molecule has 0 aliphatic carbocycles. The standard InChI is InChI=1S/C17H16N4O2S/c1-3-24-17-19-16-14(20-21-17)11-6-4-5-7-12(11)18-15(23-16)13-9-8-10(2)22-13/h4-9,15,18H,3H2,1-2H3/t15-/m0/s1. The van der Waals surface area contributed by atoms with Gasteiger partial charge >= 0.3 is 0 Å². The number of para-hydroxylation sites is 1. The van der Waals surface area contributed by atoms with E-state index in [9.17, 15) is 0 Å². The smallest absolute Gasteiger partial charge is 0.247 e. The van der Waals surface area contributed by atoms with Crippen LogP contribution in [0.25, 0.3) is 11.3 Å². The third kappa shape index (κ3) is 2.71. The predicted octanol–water partition coefficient (Wildman–Crippen LogP) is 4.06. The lowest BCUT2D eigenvalue weighted by molar-refractivity contribution is 0.194. The van der Waals surface area contributed by atoms with E-state index in [0.717, 1.165) is 22.8 Å². The minimum atomic E-state index is -0.475. The topological polar surface area (TPSA) is 73.1 Å². The van der Waals surface area contributed by atoms with Crippen molar-refractivity contribution in [2.75, 3.05) is 11.1 Å². The zero-order valence-corrected chi connectivity index (χ0v) is 14.1. The van der Waals surface area contributed by atoms with Gasteiger partial charge in [0.2, 0.25) is 17.3 Å². The van der Waals surface area contributed by atoms with Crippen LogP contribution in [0.5, 0.6) is 5.88 Å². The van der Waals surface area contributed by atoms with Crippen molar-refractivity contribution < 1.29 is 9.15 Å². The highest BCUT2D eigenvalue weighted by Gasteiger charge is 2.27. The van der Waals surface area contributed by atoms with Gasteiger partial charge in [-0.1, -0.05) is 36.9 Å². The molecule has 0 amide bonds. The zero-order valence-electron chi connectivity index (χ0n) is 13.3. The summed E-state index contributed by atoms with van der Waals surface area (Å²) in [6.07, 6.45) is -0.475. The van der Waals surface area contributed by atoms with Crippen LogP contribution in [-0.4, -0.2) is 20.9 Å². The van der Waals surface area contributed by atoms with Gasteiger partial charge in [0.1, 0.15) is 5.76 Å². The molecular formula is C17H16N4O2S. The van der Waals surface area contributed by atoms with Crippen molar-refractivity contribution in [1.82, 2.24) is 15.2 Å². The number of aryl methyl sites for hydroxylation is 1. The number of anilines is 1. The first-order valence-electron chi connectivity index (χ1n) is 7.71. The third-order valence-corrected chi connectivity index (χ3v) is 4.35. The van der Waals surface area contributed by atoms with Crippen molar-refractivity contribution >= 4 is 17.4 Å². The molecule has 0 radical (unpaired) electrons. The molecule has 6 nitrogen and oxygen atoms in total. The molecule has 24 heavy (non-hydrogen) atoms. The van der Waals surface area contributed by atoms with Gasteiger partial charge in [-0.15, -0.1) is 10.2 Å². The van der Waals surface area contributed by atoms with Crippen LogP contribution in [0.4, 0.5) is 5.69 Å². The SMILES string of the molecule is CCSc1nnc2c(n1)O[C@@H](c1ccc(C)o1)Nc1ccccc1-2. The number of ether oxygens (including phenoxy) is 1. The highest BCUT2D eigenvalue weighted by atomic mass is 32.2. The van der Waals surface area contributed by atoms with Gasteiger partial charge in [0.15, 0.2) is 11.5 Å². The van der Waals surface area contributed by atoms with E-state index in [1.165, 1.54) is 11.8 Å². The van der Waals surface area contributed by atoms with Gasteiger partial charge in [0, 0.05) is 11.3 Å². The Bertz CT molecular complexity index is 881. The zero-order chi connectivity index (χ0) is 16.5. The summed E-state index contributed by atoms with van der Waals surface area (Å²) in [5, 5.41) is 12.5. The fourth-order valence-corrected chi connectivity index (χ4v) is 3.06. The molecule has 1 aliphatic rings. The number of hydrogen-bond donors (Lipinski definition) is 1. The molecule has 1 aliphatic heterocycles. The van der Waals surface area contributed by atoms with Crippen LogP contribution in [0.2, 0.25) is 0 Å². The second-order valence-electron chi connectivity index (χ2n) is 5.32. The number of rotatable bonds is 3. The highest BCUT2D eigenvalue weighted by molar-refractivity contribution is 7.99. The molecule has 4 rings (SSSR count). The Morgan fingerprint density at radius 1 is 1.17 bits per heavy atom. The molecule has 0 unspecified atom stereocenters. The van der Waals surface area contributed by atoms with E-state index in [1.807, 2.05) is 50.2 Å². The van der Waals surface area contributed by atoms with E-state index in [0.29, 0.717) is 22.5 Å². The number of hydrogen-bond acceptors (Lipinski definition) is 7. The number of fused-ring (bicyclic) bond motifs is 3. The monoisotopic (exact) mass is 340 g/mol. The number of nitrogens with one attached hydrogen (secondary N) is 1. The summed E-state index contributed by atoms with van der Waals surface area (Å²) in [7, 11) is 0. The molecule has 0 spiro atoms. The fraction of sp³-hybridized carbons (Fsp3) is 0.235. The van der Waals surface area contributed by atoms with Crippen LogP contribution < -0.4 is 10.1 Å². The molecule has 122 valence electrons. The van der Waals surface area contributed by atoms with E-state index < -0.39 is 6.23 Å². The second-order valence-corrected chi connectivity index (χ2v) is 6.55. The van der Waals surface area contributed by atoms with Crippen LogP contribution in [0, 0.1) is 6.92 Å². The first-order valence-corrected chi connectivity index (χ1v) is 8.69. The van der Waals surface area contributed by atoms with E-state index in [1.54, 1.807) is 0 Å². The van der Waals surface area contributed by atoms with Crippen molar-refractivity contribution in [2.45, 2.75) is 25.2 Å². The molecule has 0 saturated heterocycles. The van der Waals surface area contributed by atoms with Crippen LogP contribution in [0.1, 0.15) is 24.7 Å². The third-order valence-electron chi connectivity index (χ3n) is 3.63. The normalized spacial score (nSPS) is 15.7. The Hall–Kier alpha value is -2.54. The van der Waals surface area contributed by atoms with E-state index >= 15 is 0 Å². The molecule has 2 aromatic heterocycles. The fourth-order valence-electron chi connectivity index (χ4n) is 2.56. The van der Waals surface area contributed by atoms with Gasteiger partial charge in [0.05, 0.1) is 0 Å². The minimum absolute atomic E-state index is 0.456. The first kappa shape index (κ1) is 15.0. The molecule has 7 heteroatoms. The molecule has 0 saturated carbocycles. The van der Waals surface area contributed by atoms with Gasteiger partial charge in [-0.25, -0.2) is 0 Å². The van der Waals surface area contributed by atoms with Crippen LogP contribution >= 0.6 is 11.8 Å². The van der Waals surface area contributed by atoms with Crippen LogP contribution in [0.15, 0.2) is 46.0 Å². The quantitative estimate of drug-likeness (QED) is 0.721. The number of aromatic nitrogens is 3.